The van der Waals surface area contributed by atoms with Gasteiger partial charge in [-0.1, -0.05) is 30.3 Å². The summed E-state index contributed by atoms with van der Waals surface area (Å²) in [4.78, 5) is 29.0. The Morgan fingerprint density at radius 3 is 2.35 bits per heavy atom. The maximum absolute atomic E-state index is 12.5. The van der Waals surface area contributed by atoms with Crippen molar-refractivity contribution in [2.75, 3.05) is 13.1 Å². The first kappa shape index (κ1) is 15.8. The minimum absolute atomic E-state index is 0.0947. The Bertz CT molecular complexity index is 718. The number of hydrogen-bond donors (Lipinski definition) is 2. The van der Waals surface area contributed by atoms with Crippen molar-refractivity contribution < 1.29 is 14.7 Å². The Morgan fingerprint density at radius 1 is 1.17 bits per heavy atom. The van der Waals surface area contributed by atoms with Gasteiger partial charge in [0.2, 0.25) is 0 Å². The molecule has 1 aliphatic rings. The average molecular weight is 377 g/mol. The Morgan fingerprint density at radius 2 is 1.83 bits per heavy atom. The molecule has 3 rings (SSSR count). The lowest BCUT2D eigenvalue weighted by molar-refractivity contribution is -0.145. The monoisotopic (exact) mass is 376 g/mol. The third-order valence-electron chi connectivity index (χ3n) is 4.52. The summed E-state index contributed by atoms with van der Waals surface area (Å²) in [5.74, 6) is -0.916. The maximum atomic E-state index is 12.5. The third-order valence-corrected chi connectivity index (χ3v) is 4.98. The van der Waals surface area contributed by atoms with Crippen LogP contribution in [0.3, 0.4) is 0 Å². The van der Waals surface area contributed by atoms with Crippen molar-refractivity contribution in [1.82, 2.24) is 9.88 Å². The summed E-state index contributed by atoms with van der Waals surface area (Å²) in [6, 6.07) is 11.0. The average Bonchev–Trinajstić information content (AvgIpc) is 3.01. The van der Waals surface area contributed by atoms with Crippen molar-refractivity contribution in [3.05, 3.63) is 58.3 Å². The zero-order valence-electron chi connectivity index (χ0n) is 12.5. The van der Waals surface area contributed by atoms with Crippen molar-refractivity contribution in [2.45, 2.75) is 18.3 Å². The second kappa shape index (κ2) is 6.20. The van der Waals surface area contributed by atoms with E-state index < -0.39 is 11.4 Å². The second-order valence-corrected chi connectivity index (χ2v) is 6.69. The van der Waals surface area contributed by atoms with Gasteiger partial charge in [0.05, 0.1) is 5.41 Å². The van der Waals surface area contributed by atoms with Crippen molar-refractivity contribution in [1.29, 1.82) is 0 Å². The topological polar surface area (TPSA) is 73.4 Å². The fourth-order valence-corrected chi connectivity index (χ4v) is 3.48. The van der Waals surface area contributed by atoms with Crippen LogP contribution in [0, 0.1) is 0 Å². The molecule has 1 amide bonds. The molecule has 1 aliphatic heterocycles. The summed E-state index contributed by atoms with van der Waals surface area (Å²) < 4.78 is 0.821. The van der Waals surface area contributed by atoms with Gasteiger partial charge in [0.25, 0.3) is 5.91 Å². The van der Waals surface area contributed by atoms with Crippen LogP contribution in [0.25, 0.3) is 0 Å². The van der Waals surface area contributed by atoms with Gasteiger partial charge in [-0.15, -0.1) is 0 Å². The van der Waals surface area contributed by atoms with Crippen molar-refractivity contribution in [3.8, 4) is 0 Å². The highest BCUT2D eigenvalue weighted by molar-refractivity contribution is 9.10. The molecule has 1 fully saturated rings. The van der Waals surface area contributed by atoms with Gasteiger partial charge >= 0.3 is 5.97 Å². The highest BCUT2D eigenvalue weighted by Gasteiger charge is 2.43. The van der Waals surface area contributed by atoms with Gasteiger partial charge in [0, 0.05) is 23.8 Å². The lowest BCUT2D eigenvalue weighted by Crippen LogP contribution is -2.49. The number of carbonyl (C=O) groups excluding carboxylic acids is 1. The van der Waals surface area contributed by atoms with E-state index in [1.807, 2.05) is 30.3 Å². The number of amides is 1. The van der Waals surface area contributed by atoms with Crippen molar-refractivity contribution in [2.24, 2.45) is 0 Å². The molecule has 23 heavy (non-hydrogen) atoms. The van der Waals surface area contributed by atoms with E-state index in [4.69, 9.17) is 0 Å². The Labute approximate surface area is 142 Å². The summed E-state index contributed by atoms with van der Waals surface area (Å²) in [7, 11) is 0. The summed E-state index contributed by atoms with van der Waals surface area (Å²) in [6.45, 7) is 0.854. The second-order valence-electron chi connectivity index (χ2n) is 5.78. The molecule has 2 aromatic rings. The normalized spacial score (nSPS) is 17.0. The number of carbonyl (C=O) groups is 2. The van der Waals surface area contributed by atoms with Gasteiger partial charge in [-0.3, -0.25) is 9.59 Å². The third kappa shape index (κ3) is 2.91. The van der Waals surface area contributed by atoms with E-state index in [0.29, 0.717) is 31.6 Å². The summed E-state index contributed by atoms with van der Waals surface area (Å²) in [5.41, 5.74) is 0.413. The lowest BCUT2D eigenvalue weighted by atomic mass is 9.73. The van der Waals surface area contributed by atoms with Crippen molar-refractivity contribution >= 4 is 27.8 Å². The highest BCUT2D eigenvalue weighted by Crippen LogP contribution is 2.36. The zero-order valence-corrected chi connectivity index (χ0v) is 14.0. The number of nitrogens with one attached hydrogen (secondary N) is 1. The molecule has 0 spiro atoms. The molecular formula is C17H17BrN2O3. The lowest BCUT2D eigenvalue weighted by Gasteiger charge is -2.39. The van der Waals surface area contributed by atoms with E-state index in [0.717, 1.165) is 10.0 Å². The fraction of sp³-hybridized carbons (Fsp3) is 0.294. The van der Waals surface area contributed by atoms with E-state index in [1.165, 1.54) is 0 Å². The summed E-state index contributed by atoms with van der Waals surface area (Å²) in [6.07, 6.45) is 2.54. The molecule has 2 heterocycles. The van der Waals surface area contributed by atoms with Gasteiger partial charge in [-0.2, -0.15) is 0 Å². The van der Waals surface area contributed by atoms with E-state index in [1.54, 1.807) is 17.2 Å². The van der Waals surface area contributed by atoms with Crippen LogP contribution in [0.15, 0.2) is 47.1 Å². The Kier molecular flexibility index (Phi) is 4.26. The number of carboxylic acid groups (broad SMARTS) is 1. The predicted molar refractivity (Wildman–Crippen MR) is 89.4 cm³/mol. The van der Waals surface area contributed by atoms with Crippen LogP contribution < -0.4 is 0 Å². The van der Waals surface area contributed by atoms with Crippen LogP contribution in [-0.4, -0.2) is 40.0 Å². The van der Waals surface area contributed by atoms with Gasteiger partial charge < -0.3 is 15.0 Å². The van der Waals surface area contributed by atoms with Gasteiger partial charge in [-0.05, 0) is 40.4 Å². The molecule has 1 saturated heterocycles. The smallest absolute Gasteiger partial charge is 0.314 e. The quantitative estimate of drug-likeness (QED) is 0.864. The number of H-pyrrole nitrogens is 1. The molecule has 0 saturated carbocycles. The standard InChI is InChI=1S/C17H17BrN2O3/c18-13-10-14(19-11-13)15(21)20-8-6-17(7-9-20,16(22)23)12-4-2-1-3-5-12/h1-5,10-11,19H,6-9H2,(H,22,23). The largest absolute Gasteiger partial charge is 0.481 e. The minimum Gasteiger partial charge on any atom is -0.481 e. The molecule has 0 unspecified atom stereocenters. The number of aromatic nitrogens is 1. The predicted octanol–water partition coefficient (Wildman–Crippen LogP) is 3.04. The SMILES string of the molecule is O=C(c1cc(Br)c[nH]1)N1CCC(C(=O)O)(c2ccccc2)CC1. The fourth-order valence-electron chi connectivity index (χ4n) is 3.14. The number of rotatable bonds is 3. The molecule has 120 valence electrons. The summed E-state index contributed by atoms with van der Waals surface area (Å²) in [5, 5.41) is 9.77. The molecule has 2 N–H and O–H groups in total. The Hall–Kier alpha value is -2.08. The first-order valence-electron chi connectivity index (χ1n) is 7.45. The maximum Gasteiger partial charge on any atom is 0.314 e. The van der Waals surface area contributed by atoms with E-state index >= 15 is 0 Å². The molecule has 0 bridgehead atoms. The number of hydrogen-bond acceptors (Lipinski definition) is 2. The zero-order chi connectivity index (χ0) is 16.4. The number of benzene rings is 1. The van der Waals surface area contributed by atoms with Gasteiger partial charge in [-0.25, -0.2) is 0 Å². The molecule has 1 aromatic carbocycles. The van der Waals surface area contributed by atoms with Crippen LogP contribution in [0.2, 0.25) is 0 Å². The molecular weight excluding hydrogens is 360 g/mol. The van der Waals surface area contributed by atoms with Crippen molar-refractivity contribution in [3.63, 3.8) is 0 Å². The number of halogens is 1. The highest BCUT2D eigenvalue weighted by atomic mass is 79.9. The molecule has 5 nitrogen and oxygen atoms in total. The molecule has 1 aromatic heterocycles. The molecule has 0 aliphatic carbocycles. The first-order valence-corrected chi connectivity index (χ1v) is 8.24. The van der Waals surface area contributed by atoms with E-state index in [9.17, 15) is 14.7 Å². The summed E-state index contributed by atoms with van der Waals surface area (Å²) >= 11 is 3.31. The number of carboxylic acids is 1. The molecule has 0 radical (unpaired) electrons. The van der Waals surface area contributed by atoms with Crippen LogP contribution in [0.4, 0.5) is 0 Å². The van der Waals surface area contributed by atoms with Gasteiger partial charge in [0.15, 0.2) is 0 Å². The van der Waals surface area contributed by atoms with Crippen LogP contribution in [0.1, 0.15) is 28.9 Å². The van der Waals surface area contributed by atoms with Crippen LogP contribution in [-0.2, 0) is 10.2 Å². The van der Waals surface area contributed by atoms with E-state index in [2.05, 4.69) is 20.9 Å². The number of nitrogens with zero attached hydrogens (tertiary/aromatic N) is 1. The molecule has 6 heteroatoms. The molecule has 0 atom stereocenters. The van der Waals surface area contributed by atoms with Crippen LogP contribution in [0.5, 0.6) is 0 Å². The minimum atomic E-state index is -0.908. The van der Waals surface area contributed by atoms with Gasteiger partial charge in [0.1, 0.15) is 5.69 Å². The number of aliphatic carboxylic acids is 1. The number of piperidine rings is 1. The Balaban J connectivity index is 1.78. The number of aromatic amines is 1. The first-order chi connectivity index (χ1) is 11.0. The van der Waals surface area contributed by atoms with E-state index in [-0.39, 0.29) is 5.91 Å². The number of likely N-dealkylation sites (tertiary alicyclic amines) is 1. The van der Waals surface area contributed by atoms with Crippen LogP contribution >= 0.6 is 15.9 Å².